The summed E-state index contributed by atoms with van der Waals surface area (Å²) in [6, 6.07) is 0.0179. The number of rotatable bonds is 8. The van der Waals surface area contributed by atoms with Crippen molar-refractivity contribution in [2.45, 2.75) is 25.8 Å². The first-order chi connectivity index (χ1) is 8.20. The molecule has 0 aliphatic carbocycles. The highest BCUT2D eigenvalue weighted by molar-refractivity contribution is 5.71. The molecular formula is C12H23NO4. The molecule has 1 fully saturated rings. The van der Waals surface area contributed by atoms with Crippen molar-refractivity contribution in [2.75, 3.05) is 40.0 Å². The van der Waals surface area contributed by atoms with Crippen LogP contribution in [0.5, 0.6) is 0 Å². The van der Waals surface area contributed by atoms with Crippen LogP contribution in [0.3, 0.4) is 0 Å². The Balaban J connectivity index is 2.52. The van der Waals surface area contributed by atoms with Gasteiger partial charge in [0.1, 0.15) is 0 Å². The standard InChI is InChI=1S/C12H23NO4/c1-3-5-13(6-4-7-16-2)11-9-17-8-10(11)12(14)15/h10-11H,3-9H2,1-2H3,(H,14,15). The summed E-state index contributed by atoms with van der Waals surface area (Å²) < 4.78 is 10.3. The topological polar surface area (TPSA) is 59.0 Å². The number of aliphatic carboxylic acids is 1. The van der Waals surface area contributed by atoms with Gasteiger partial charge in [-0.05, 0) is 19.4 Å². The van der Waals surface area contributed by atoms with Gasteiger partial charge in [0.15, 0.2) is 0 Å². The summed E-state index contributed by atoms with van der Waals surface area (Å²) in [7, 11) is 1.68. The lowest BCUT2D eigenvalue weighted by atomic mass is 10.0. The van der Waals surface area contributed by atoms with E-state index in [1.165, 1.54) is 0 Å². The van der Waals surface area contributed by atoms with Crippen LogP contribution in [0, 0.1) is 5.92 Å². The van der Waals surface area contributed by atoms with Crippen molar-refractivity contribution >= 4 is 5.97 Å². The quantitative estimate of drug-likeness (QED) is 0.642. The van der Waals surface area contributed by atoms with Crippen LogP contribution in [0.25, 0.3) is 0 Å². The number of carboxylic acids is 1. The molecule has 17 heavy (non-hydrogen) atoms. The molecule has 1 aliphatic rings. The number of nitrogens with zero attached hydrogens (tertiary/aromatic N) is 1. The average Bonchev–Trinajstić information content (AvgIpc) is 2.77. The minimum atomic E-state index is -0.750. The van der Waals surface area contributed by atoms with Gasteiger partial charge >= 0.3 is 5.97 Å². The van der Waals surface area contributed by atoms with E-state index in [-0.39, 0.29) is 12.0 Å². The summed E-state index contributed by atoms with van der Waals surface area (Å²) in [5.74, 6) is -1.13. The summed E-state index contributed by atoms with van der Waals surface area (Å²) in [6.45, 7) is 5.48. The predicted molar refractivity (Wildman–Crippen MR) is 64.1 cm³/mol. The second kappa shape index (κ2) is 7.63. The molecule has 0 aromatic carbocycles. The largest absolute Gasteiger partial charge is 0.481 e. The molecule has 1 rings (SSSR count). The highest BCUT2D eigenvalue weighted by Gasteiger charge is 2.37. The van der Waals surface area contributed by atoms with Crippen molar-refractivity contribution in [3.63, 3.8) is 0 Å². The molecule has 0 spiro atoms. The van der Waals surface area contributed by atoms with Crippen molar-refractivity contribution in [1.29, 1.82) is 0 Å². The Morgan fingerprint density at radius 2 is 2.24 bits per heavy atom. The van der Waals surface area contributed by atoms with Crippen LogP contribution in [0.1, 0.15) is 19.8 Å². The van der Waals surface area contributed by atoms with Crippen LogP contribution in [0.15, 0.2) is 0 Å². The molecule has 1 heterocycles. The van der Waals surface area contributed by atoms with Gasteiger partial charge in [0.05, 0.1) is 19.1 Å². The summed E-state index contributed by atoms with van der Waals surface area (Å²) in [6.07, 6.45) is 1.95. The predicted octanol–water partition coefficient (Wildman–Crippen LogP) is 0.835. The highest BCUT2D eigenvalue weighted by Crippen LogP contribution is 2.20. The molecule has 5 heteroatoms. The van der Waals surface area contributed by atoms with Gasteiger partial charge in [0, 0.05) is 26.3 Å². The van der Waals surface area contributed by atoms with Gasteiger partial charge in [-0.25, -0.2) is 0 Å². The Morgan fingerprint density at radius 1 is 1.47 bits per heavy atom. The van der Waals surface area contributed by atoms with Crippen LogP contribution in [-0.4, -0.2) is 62.0 Å². The Bertz CT molecular complexity index is 235. The summed E-state index contributed by atoms with van der Waals surface area (Å²) in [5, 5.41) is 9.14. The van der Waals surface area contributed by atoms with E-state index in [2.05, 4.69) is 11.8 Å². The molecule has 1 saturated heterocycles. The van der Waals surface area contributed by atoms with E-state index in [4.69, 9.17) is 14.6 Å². The number of carbonyl (C=O) groups is 1. The summed E-state index contributed by atoms with van der Waals surface area (Å²) in [4.78, 5) is 13.3. The van der Waals surface area contributed by atoms with Crippen molar-refractivity contribution < 1.29 is 19.4 Å². The Labute approximate surface area is 103 Å². The van der Waals surface area contributed by atoms with Crippen molar-refractivity contribution in [2.24, 2.45) is 5.92 Å². The molecule has 0 amide bonds. The van der Waals surface area contributed by atoms with E-state index in [9.17, 15) is 4.79 Å². The molecular weight excluding hydrogens is 222 g/mol. The molecule has 5 nitrogen and oxygen atoms in total. The lowest BCUT2D eigenvalue weighted by molar-refractivity contribution is -0.143. The molecule has 0 bridgehead atoms. The zero-order chi connectivity index (χ0) is 12.7. The molecule has 0 aromatic heterocycles. The smallest absolute Gasteiger partial charge is 0.310 e. The zero-order valence-electron chi connectivity index (χ0n) is 10.7. The van der Waals surface area contributed by atoms with Gasteiger partial charge < -0.3 is 14.6 Å². The van der Waals surface area contributed by atoms with E-state index >= 15 is 0 Å². The van der Waals surface area contributed by atoms with E-state index in [0.717, 1.165) is 25.9 Å². The number of ether oxygens (including phenoxy) is 2. The van der Waals surface area contributed by atoms with Crippen LogP contribution in [-0.2, 0) is 14.3 Å². The van der Waals surface area contributed by atoms with Crippen LogP contribution in [0.4, 0.5) is 0 Å². The van der Waals surface area contributed by atoms with Crippen molar-refractivity contribution in [3.8, 4) is 0 Å². The summed E-state index contributed by atoms with van der Waals surface area (Å²) >= 11 is 0. The second-order valence-corrected chi connectivity index (χ2v) is 4.43. The van der Waals surface area contributed by atoms with Gasteiger partial charge in [-0.15, -0.1) is 0 Å². The fraction of sp³-hybridized carbons (Fsp3) is 0.917. The molecule has 2 atom stereocenters. The van der Waals surface area contributed by atoms with Crippen molar-refractivity contribution in [3.05, 3.63) is 0 Å². The van der Waals surface area contributed by atoms with Crippen molar-refractivity contribution in [1.82, 2.24) is 4.90 Å². The van der Waals surface area contributed by atoms with Crippen LogP contribution in [0.2, 0.25) is 0 Å². The SMILES string of the molecule is CCCN(CCCOC)C1COCC1C(=O)O. The Hall–Kier alpha value is -0.650. The minimum absolute atomic E-state index is 0.0179. The zero-order valence-corrected chi connectivity index (χ0v) is 10.7. The molecule has 0 aromatic rings. The molecule has 1 N–H and O–H groups in total. The number of methoxy groups -OCH3 is 1. The van der Waals surface area contributed by atoms with E-state index in [1.807, 2.05) is 0 Å². The first-order valence-electron chi connectivity index (χ1n) is 6.24. The molecule has 100 valence electrons. The van der Waals surface area contributed by atoms with Gasteiger partial charge in [-0.3, -0.25) is 9.69 Å². The van der Waals surface area contributed by atoms with Crippen LogP contribution >= 0.6 is 0 Å². The Morgan fingerprint density at radius 3 is 2.82 bits per heavy atom. The number of hydrogen-bond acceptors (Lipinski definition) is 4. The number of hydrogen-bond donors (Lipinski definition) is 1. The maximum atomic E-state index is 11.1. The molecule has 0 radical (unpaired) electrons. The molecule has 0 saturated carbocycles. The van der Waals surface area contributed by atoms with E-state index in [1.54, 1.807) is 7.11 Å². The third-order valence-corrected chi connectivity index (χ3v) is 3.14. The first kappa shape index (κ1) is 14.4. The normalized spacial score (nSPS) is 24.4. The Kier molecular flexibility index (Phi) is 6.47. The fourth-order valence-electron chi connectivity index (χ4n) is 2.28. The number of carboxylic acid groups (broad SMARTS) is 1. The monoisotopic (exact) mass is 245 g/mol. The third kappa shape index (κ3) is 4.26. The lowest BCUT2D eigenvalue weighted by Gasteiger charge is -2.29. The molecule has 2 unspecified atom stereocenters. The highest BCUT2D eigenvalue weighted by atomic mass is 16.5. The van der Waals surface area contributed by atoms with Gasteiger partial charge in [-0.1, -0.05) is 6.92 Å². The fourth-order valence-corrected chi connectivity index (χ4v) is 2.28. The van der Waals surface area contributed by atoms with E-state index in [0.29, 0.717) is 19.8 Å². The van der Waals surface area contributed by atoms with Gasteiger partial charge in [0.2, 0.25) is 0 Å². The van der Waals surface area contributed by atoms with Gasteiger partial charge in [0.25, 0.3) is 0 Å². The third-order valence-electron chi connectivity index (χ3n) is 3.14. The summed E-state index contributed by atoms with van der Waals surface area (Å²) in [5.41, 5.74) is 0. The maximum Gasteiger partial charge on any atom is 0.310 e. The average molecular weight is 245 g/mol. The maximum absolute atomic E-state index is 11.1. The lowest BCUT2D eigenvalue weighted by Crippen LogP contribution is -2.44. The van der Waals surface area contributed by atoms with Crippen LogP contribution < -0.4 is 0 Å². The minimum Gasteiger partial charge on any atom is -0.481 e. The van der Waals surface area contributed by atoms with E-state index < -0.39 is 5.97 Å². The molecule has 1 aliphatic heterocycles. The second-order valence-electron chi connectivity index (χ2n) is 4.43. The van der Waals surface area contributed by atoms with Gasteiger partial charge in [-0.2, -0.15) is 0 Å². The first-order valence-corrected chi connectivity index (χ1v) is 6.24.